The van der Waals surface area contributed by atoms with Crippen LogP contribution in [0.4, 0.5) is 5.69 Å². The predicted molar refractivity (Wildman–Crippen MR) is 87.0 cm³/mol. The smallest absolute Gasteiger partial charge is 0.323 e. The van der Waals surface area contributed by atoms with Crippen molar-refractivity contribution < 1.29 is 4.79 Å². The van der Waals surface area contributed by atoms with Crippen molar-refractivity contribution in [2.75, 3.05) is 18.4 Å². The number of carbonyl (C=O) groups is 1. The third kappa shape index (κ3) is 3.06. The van der Waals surface area contributed by atoms with Gasteiger partial charge < -0.3 is 15.3 Å². The van der Waals surface area contributed by atoms with Crippen molar-refractivity contribution in [3.63, 3.8) is 0 Å². The number of anilines is 1. The summed E-state index contributed by atoms with van der Waals surface area (Å²) in [6.07, 6.45) is 2.39. The van der Waals surface area contributed by atoms with Gasteiger partial charge in [0.25, 0.3) is 0 Å². The van der Waals surface area contributed by atoms with Crippen LogP contribution in [-0.4, -0.2) is 39.9 Å². The molecular formula is C16H22N4O2. The molecule has 3 N–H and O–H groups in total. The van der Waals surface area contributed by atoms with Crippen LogP contribution in [0.3, 0.4) is 0 Å². The number of aromatic amines is 2. The monoisotopic (exact) mass is 302 g/mol. The minimum absolute atomic E-state index is 0.00803. The van der Waals surface area contributed by atoms with Crippen LogP contribution in [0, 0.1) is 5.92 Å². The number of hydrogen-bond acceptors (Lipinski definition) is 3. The van der Waals surface area contributed by atoms with Crippen LogP contribution in [0.2, 0.25) is 0 Å². The van der Waals surface area contributed by atoms with Gasteiger partial charge in [-0.2, -0.15) is 0 Å². The van der Waals surface area contributed by atoms with Crippen molar-refractivity contribution in [3.8, 4) is 0 Å². The summed E-state index contributed by atoms with van der Waals surface area (Å²) in [5, 5.41) is 2.94. The van der Waals surface area contributed by atoms with Crippen LogP contribution < -0.4 is 11.0 Å². The summed E-state index contributed by atoms with van der Waals surface area (Å²) in [4.78, 5) is 31.3. The number of nitrogens with one attached hydrogen (secondary N) is 3. The Morgan fingerprint density at radius 2 is 2.14 bits per heavy atom. The number of aromatic nitrogens is 2. The fourth-order valence-electron chi connectivity index (χ4n) is 3.10. The molecule has 6 heteroatoms. The van der Waals surface area contributed by atoms with Gasteiger partial charge >= 0.3 is 5.69 Å². The summed E-state index contributed by atoms with van der Waals surface area (Å²) in [5.74, 6) is 0.636. The maximum Gasteiger partial charge on any atom is 0.323 e. The molecule has 2 atom stereocenters. The molecule has 2 heterocycles. The quantitative estimate of drug-likeness (QED) is 0.810. The average Bonchev–Trinajstić information content (AvgIpc) is 2.85. The first kappa shape index (κ1) is 14.8. The van der Waals surface area contributed by atoms with E-state index in [1.54, 1.807) is 18.2 Å². The second kappa shape index (κ2) is 5.96. The summed E-state index contributed by atoms with van der Waals surface area (Å²) < 4.78 is 0. The predicted octanol–water partition coefficient (Wildman–Crippen LogP) is 1.92. The molecule has 118 valence electrons. The summed E-state index contributed by atoms with van der Waals surface area (Å²) >= 11 is 0. The number of piperidine rings is 1. The standard InChI is InChI=1S/C16H22N4O2/c1-10-4-3-7-20(9-10)11(2)15(21)17-12-5-6-13-14(8-12)19-16(22)18-13/h5-6,8,10-11H,3-4,7,9H2,1-2H3,(H,17,21)(H2,18,19,22)/t10-,11-/m0/s1. The lowest BCUT2D eigenvalue weighted by atomic mass is 9.99. The Balaban J connectivity index is 1.70. The van der Waals surface area contributed by atoms with Crippen molar-refractivity contribution in [1.82, 2.24) is 14.9 Å². The van der Waals surface area contributed by atoms with Crippen LogP contribution in [0.15, 0.2) is 23.0 Å². The van der Waals surface area contributed by atoms with Gasteiger partial charge in [0.2, 0.25) is 5.91 Å². The van der Waals surface area contributed by atoms with Crippen molar-refractivity contribution in [1.29, 1.82) is 0 Å². The molecule has 1 fully saturated rings. The van der Waals surface area contributed by atoms with E-state index in [0.29, 0.717) is 17.1 Å². The minimum Gasteiger partial charge on any atom is -0.325 e. The number of hydrogen-bond donors (Lipinski definition) is 3. The second-order valence-electron chi connectivity index (χ2n) is 6.25. The zero-order valence-electron chi connectivity index (χ0n) is 13.0. The number of benzene rings is 1. The van der Waals surface area contributed by atoms with E-state index in [2.05, 4.69) is 27.1 Å². The highest BCUT2D eigenvalue weighted by Gasteiger charge is 2.25. The molecule has 0 aliphatic carbocycles. The highest BCUT2D eigenvalue weighted by Crippen LogP contribution is 2.19. The highest BCUT2D eigenvalue weighted by molar-refractivity contribution is 5.96. The molecule has 1 aliphatic heterocycles. The number of amides is 1. The Morgan fingerprint density at radius 1 is 1.36 bits per heavy atom. The van der Waals surface area contributed by atoms with E-state index in [4.69, 9.17) is 0 Å². The molecule has 1 aromatic carbocycles. The average molecular weight is 302 g/mol. The van der Waals surface area contributed by atoms with E-state index in [0.717, 1.165) is 25.0 Å². The van der Waals surface area contributed by atoms with E-state index in [1.807, 2.05) is 6.92 Å². The SMILES string of the molecule is C[C@H]1CCCN([C@@H](C)C(=O)Nc2ccc3[nH]c(=O)[nH]c3c2)C1. The first-order valence-corrected chi connectivity index (χ1v) is 7.80. The van der Waals surface area contributed by atoms with Crippen LogP contribution in [0.5, 0.6) is 0 Å². The highest BCUT2D eigenvalue weighted by atomic mass is 16.2. The number of nitrogens with zero attached hydrogens (tertiary/aromatic N) is 1. The molecule has 0 saturated carbocycles. The Bertz CT molecular complexity index is 733. The zero-order chi connectivity index (χ0) is 15.7. The van der Waals surface area contributed by atoms with Crippen LogP contribution >= 0.6 is 0 Å². The number of likely N-dealkylation sites (tertiary alicyclic amines) is 1. The lowest BCUT2D eigenvalue weighted by Crippen LogP contribution is -2.46. The summed E-state index contributed by atoms with van der Waals surface area (Å²) in [6, 6.07) is 5.21. The number of carbonyl (C=O) groups excluding carboxylic acids is 1. The van der Waals surface area contributed by atoms with E-state index in [1.165, 1.54) is 6.42 Å². The molecule has 0 unspecified atom stereocenters. The molecule has 0 bridgehead atoms. The summed E-state index contributed by atoms with van der Waals surface area (Å²) in [6.45, 7) is 6.12. The molecule has 1 saturated heterocycles. The topological polar surface area (TPSA) is 81.0 Å². The zero-order valence-corrected chi connectivity index (χ0v) is 13.0. The van der Waals surface area contributed by atoms with Gasteiger partial charge in [0, 0.05) is 12.2 Å². The Labute approximate surface area is 128 Å². The van der Waals surface area contributed by atoms with Crippen molar-refractivity contribution >= 4 is 22.6 Å². The van der Waals surface area contributed by atoms with Gasteiger partial charge in [-0.05, 0) is 50.4 Å². The van der Waals surface area contributed by atoms with E-state index in [9.17, 15) is 9.59 Å². The Hall–Kier alpha value is -2.08. The minimum atomic E-state index is -0.242. The Morgan fingerprint density at radius 3 is 2.91 bits per heavy atom. The second-order valence-corrected chi connectivity index (χ2v) is 6.25. The third-order valence-corrected chi connectivity index (χ3v) is 4.40. The maximum atomic E-state index is 12.4. The molecule has 1 aromatic heterocycles. The van der Waals surface area contributed by atoms with Gasteiger partial charge in [-0.15, -0.1) is 0 Å². The lowest BCUT2D eigenvalue weighted by Gasteiger charge is -2.34. The van der Waals surface area contributed by atoms with Crippen LogP contribution in [0.25, 0.3) is 11.0 Å². The summed E-state index contributed by atoms with van der Waals surface area (Å²) in [7, 11) is 0. The largest absolute Gasteiger partial charge is 0.325 e. The molecular weight excluding hydrogens is 280 g/mol. The molecule has 1 aliphatic rings. The van der Waals surface area contributed by atoms with E-state index < -0.39 is 0 Å². The van der Waals surface area contributed by atoms with Gasteiger partial charge in [0.15, 0.2) is 0 Å². The van der Waals surface area contributed by atoms with Gasteiger partial charge in [-0.1, -0.05) is 6.92 Å². The van der Waals surface area contributed by atoms with Crippen molar-refractivity contribution in [2.45, 2.75) is 32.7 Å². The normalized spacial score (nSPS) is 20.9. The fraction of sp³-hybridized carbons (Fsp3) is 0.500. The molecule has 3 rings (SSSR count). The molecule has 6 nitrogen and oxygen atoms in total. The molecule has 0 radical (unpaired) electrons. The lowest BCUT2D eigenvalue weighted by molar-refractivity contribution is -0.121. The van der Waals surface area contributed by atoms with E-state index in [-0.39, 0.29) is 17.6 Å². The Kier molecular flexibility index (Phi) is 4.02. The van der Waals surface area contributed by atoms with Gasteiger partial charge in [-0.3, -0.25) is 9.69 Å². The molecule has 2 aromatic rings. The van der Waals surface area contributed by atoms with Crippen LogP contribution in [0.1, 0.15) is 26.7 Å². The molecule has 22 heavy (non-hydrogen) atoms. The van der Waals surface area contributed by atoms with Gasteiger partial charge in [0.1, 0.15) is 0 Å². The number of H-pyrrole nitrogens is 2. The van der Waals surface area contributed by atoms with E-state index >= 15 is 0 Å². The number of fused-ring (bicyclic) bond motifs is 1. The first-order valence-electron chi connectivity index (χ1n) is 7.80. The first-order chi connectivity index (χ1) is 10.5. The summed E-state index contributed by atoms with van der Waals surface area (Å²) in [5.41, 5.74) is 1.89. The third-order valence-electron chi connectivity index (χ3n) is 4.40. The van der Waals surface area contributed by atoms with Gasteiger partial charge in [-0.25, -0.2) is 4.79 Å². The van der Waals surface area contributed by atoms with Crippen molar-refractivity contribution in [2.24, 2.45) is 5.92 Å². The van der Waals surface area contributed by atoms with Crippen molar-refractivity contribution in [3.05, 3.63) is 28.7 Å². The number of imidazole rings is 1. The fourth-order valence-corrected chi connectivity index (χ4v) is 3.10. The molecule has 1 amide bonds. The van der Waals surface area contributed by atoms with Crippen LogP contribution in [-0.2, 0) is 4.79 Å². The number of rotatable bonds is 3. The van der Waals surface area contributed by atoms with Gasteiger partial charge in [0.05, 0.1) is 17.1 Å². The maximum absolute atomic E-state index is 12.4. The molecule has 0 spiro atoms.